The lowest BCUT2D eigenvalue weighted by molar-refractivity contribution is -0.142. The van der Waals surface area contributed by atoms with Gasteiger partial charge in [0.15, 0.2) is 0 Å². The van der Waals surface area contributed by atoms with Gasteiger partial charge >= 0.3 is 47.9 Å². The van der Waals surface area contributed by atoms with Crippen LogP contribution in [-0.4, -0.2) is 125 Å². The van der Waals surface area contributed by atoms with E-state index in [1.54, 1.807) is 6.26 Å². The molecule has 0 bridgehead atoms. The number of thiol groups is 1. The van der Waals surface area contributed by atoms with Crippen LogP contribution in [0.4, 0.5) is 9.59 Å². The molecular formula is C20H33IN4O14S2. The SMILES string of the molecule is O=C(O)CC[C@H](NC(=O)N[C@@H](CS)C(=O)O)C(=O)O.[11CH3]I.[11CH3]SC[C@H](NC(=O)N[C@@H](CCC(=O)O)C(=O)O)C(=O)O. The quantitative estimate of drug-likeness (QED) is 0.0507. The van der Waals surface area contributed by atoms with Gasteiger partial charge in [0.05, 0.1) is 0 Å². The van der Waals surface area contributed by atoms with Crippen molar-refractivity contribution in [2.75, 3.05) is 22.7 Å². The van der Waals surface area contributed by atoms with Crippen LogP contribution in [-0.2, 0) is 28.8 Å². The summed E-state index contributed by atoms with van der Waals surface area (Å²) in [5, 5.41) is 60.1. The molecule has 41 heavy (non-hydrogen) atoms. The number of carbonyl (C=O) groups is 8. The lowest BCUT2D eigenvalue weighted by Gasteiger charge is -2.17. The highest BCUT2D eigenvalue weighted by molar-refractivity contribution is 14.1. The van der Waals surface area contributed by atoms with Crippen LogP contribution in [0.3, 0.4) is 0 Å². The smallest absolute Gasteiger partial charge is 0.327 e. The van der Waals surface area contributed by atoms with Crippen molar-refractivity contribution in [2.45, 2.75) is 49.9 Å². The minimum absolute atomic E-state index is 0.121. The Bertz CT molecular complexity index is 911. The molecule has 0 spiro atoms. The summed E-state index contributed by atoms with van der Waals surface area (Å²) in [6, 6.07) is -7.21. The Hall–Kier alpha value is -3.21. The Labute approximate surface area is 256 Å². The van der Waals surface area contributed by atoms with E-state index >= 15 is 0 Å². The van der Waals surface area contributed by atoms with Crippen LogP contribution in [0.15, 0.2) is 0 Å². The fraction of sp³-hybridized carbons (Fsp3) is 0.600. The van der Waals surface area contributed by atoms with Gasteiger partial charge in [0.1, 0.15) is 24.2 Å². The normalized spacial score (nSPS) is 12.6. The van der Waals surface area contributed by atoms with E-state index in [9.17, 15) is 38.4 Å². The van der Waals surface area contributed by atoms with E-state index in [1.807, 2.05) is 20.9 Å². The summed E-state index contributed by atoms with van der Waals surface area (Å²) >= 11 is 7.06. The summed E-state index contributed by atoms with van der Waals surface area (Å²) in [6.45, 7) is 0. The van der Waals surface area contributed by atoms with Crippen LogP contribution in [0.5, 0.6) is 0 Å². The van der Waals surface area contributed by atoms with Gasteiger partial charge in [-0.1, -0.05) is 22.6 Å². The van der Waals surface area contributed by atoms with Gasteiger partial charge in [-0.15, -0.1) is 0 Å². The first-order valence-electron chi connectivity index (χ1n) is 11.0. The molecule has 0 unspecified atom stereocenters. The number of rotatable bonds is 17. The Morgan fingerprint density at radius 1 is 0.610 bits per heavy atom. The van der Waals surface area contributed by atoms with E-state index < -0.39 is 84.9 Å². The minimum Gasteiger partial charge on any atom is -0.481 e. The number of hydrogen-bond acceptors (Lipinski definition) is 10. The maximum Gasteiger partial charge on any atom is 0.327 e. The van der Waals surface area contributed by atoms with Crippen LogP contribution in [0.1, 0.15) is 25.7 Å². The van der Waals surface area contributed by atoms with Crippen molar-refractivity contribution in [1.29, 1.82) is 0 Å². The zero-order valence-electron chi connectivity index (χ0n) is 21.7. The highest BCUT2D eigenvalue weighted by Crippen LogP contribution is 2.01. The zero-order valence-corrected chi connectivity index (χ0v) is 25.6. The summed E-state index contributed by atoms with van der Waals surface area (Å²) in [6.07, 6.45) is 0.189. The number of aliphatic carboxylic acids is 6. The number of amides is 4. The lowest BCUT2D eigenvalue weighted by Crippen LogP contribution is -2.52. The van der Waals surface area contributed by atoms with E-state index in [4.69, 9.17) is 30.6 Å². The summed E-state index contributed by atoms with van der Waals surface area (Å²) in [7, 11) is 0. The third kappa shape index (κ3) is 23.2. The van der Waals surface area contributed by atoms with Gasteiger partial charge in [-0.2, -0.15) is 24.4 Å². The fourth-order valence-corrected chi connectivity index (χ4v) is 3.10. The van der Waals surface area contributed by atoms with E-state index in [2.05, 4.69) is 40.5 Å². The molecule has 0 radical (unpaired) electrons. The molecule has 236 valence electrons. The summed E-state index contributed by atoms with van der Waals surface area (Å²) in [5.41, 5.74) is 0. The molecule has 0 saturated carbocycles. The maximum absolute atomic E-state index is 11.5. The van der Waals surface area contributed by atoms with Crippen molar-refractivity contribution in [3.63, 3.8) is 0 Å². The average molecular weight is 743 g/mol. The molecule has 4 amide bonds. The number of carboxylic acid groups (broad SMARTS) is 6. The number of carboxylic acids is 6. The van der Waals surface area contributed by atoms with E-state index in [-0.39, 0.29) is 24.3 Å². The van der Waals surface area contributed by atoms with Gasteiger partial charge in [0, 0.05) is 24.3 Å². The van der Waals surface area contributed by atoms with Crippen LogP contribution in [0.2, 0.25) is 0 Å². The summed E-state index contributed by atoms with van der Waals surface area (Å²) in [5.74, 6) is -7.80. The molecule has 21 heteroatoms. The second-order valence-corrected chi connectivity index (χ2v) is 8.58. The Kier molecular flexibility index (Phi) is 25.3. The number of hydrogen-bond donors (Lipinski definition) is 11. The number of carbonyl (C=O) groups excluding carboxylic acids is 2. The number of thioether (sulfide) groups is 1. The first-order valence-corrected chi connectivity index (χ1v) is 15.2. The molecular weight excluding hydrogens is 709 g/mol. The second kappa shape index (κ2) is 24.6. The third-order valence-corrected chi connectivity index (χ3v) is 5.26. The molecule has 0 rings (SSSR count). The van der Waals surface area contributed by atoms with E-state index in [0.717, 1.165) is 0 Å². The summed E-state index contributed by atoms with van der Waals surface area (Å²) in [4.78, 5) is 88.5. The first-order chi connectivity index (χ1) is 19.0. The molecule has 0 aromatic carbocycles. The number of alkyl halides is 1. The number of urea groups is 2. The molecule has 0 saturated heterocycles. The van der Waals surface area contributed by atoms with Crippen LogP contribution >= 0.6 is 47.0 Å². The van der Waals surface area contributed by atoms with Crippen molar-refractivity contribution in [3.05, 3.63) is 0 Å². The van der Waals surface area contributed by atoms with Gasteiger partial charge < -0.3 is 51.9 Å². The van der Waals surface area contributed by atoms with Crippen LogP contribution < -0.4 is 21.3 Å². The largest absolute Gasteiger partial charge is 0.481 e. The predicted octanol–water partition coefficient (Wildman–Crippen LogP) is -0.542. The molecule has 0 aliphatic rings. The zero-order chi connectivity index (χ0) is 32.7. The van der Waals surface area contributed by atoms with E-state index in [0.29, 0.717) is 0 Å². The van der Waals surface area contributed by atoms with Crippen molar-refractivity contribution in [1.82, 2.24) is 21.3 Å². The van der Waals surface area contributed by atoms with Gasteiger partial charge in [0.25, 0.3) is 0 Å². The third-order valence-electron chi connectivity index (χ3n) is 4.22. The van der Waals surface area contributed by atoms with Gasteiger partial charge in [-0.3, -0.25) is 9.59 Å². The Morgan fingerprint density at radius 3 is 1.15 bits per heavy atom. The standard InChI is InChI=1S/C10H16N2O7S.C9H14N2O7S.CH3I/c1-20-4-6(9(17)18)12-10(19)11-5(8(15)16)2-3-7(13)14;12-6(13)2-1-4(7(14)15)10-9(18)11-5(3-19)8(16)17;1-2/h5-6H,2-4H2,1H3,(H,13,14)(H,15,16)(H,17,18)(H2,11,12,19);4-5,19H,1-3H2,(H,12,13)(H,14,15)(H,16,17)(H2,10,11,18);1H3/t5-,6-;4-,5-;/m00./s1/i1-1;;1-1. The van der Waals surface area contributed by atoms with Crippen LogP contribution in [0.25, 0.3) is 0 Å². The van der Waals surface area contributed by atoms with Crippen molar-refractivity contribution in [3.8, 4) is 0 Å². The highest BCUT2D eigenvalue weighted by Gasteiger charge is 2.25. The summed E-state index contributed by atoms with van der Waals surface area (Å²) < 4.78 is 0. The monoisotopic (exact) mass is 742 g/mol. The molecule has 10 N–H and O–H groups in total. The van der Waals surface area contributed by atoms with Gasteiger partial charge in [-0.25, -0.2) is 28.8 Å². The van der Waals surface area contributed by atoms with Crippen LogP contribution in [0, 0.1) is 0 Å². The van der Waals surface area contributed by atoms with Crippen molar-refractivity contribution in [2.24, 2.45) is 0 Å². The van der Waals surface area contributed by atoms with Gasteiger partial charge in [0.2, 0.25) is 0 Å². The second-order valence-electron chi connectivity index (χ2n) is 7.30. The fourth-order valence-electron chi connectivity index (χ4n) is 2.29. The molecule has 0 aromatic heterocycles. The Balaban J connectivity index is -0.000000664. The molecule has 0 aliphatic carbocycles. The lowest BCUT2D eigenvalue weighted by atomic mass is 10.1. The first kappa shape index (κ1) is 42.3. The molecule has 0 heterocycles. The highest BCUT2D eigenvalue weighted by atomic mass is 127. The van der Waals surface area contributed by atoms with E-state index in [1.165, 1.54) is 11.8 Å². The predicted molar refractivity (Wildman–Crippen MR) is 155 cm³/mol. The molecule has 0 aliphatic heterocycles. The topological polar surface area (TPSA) is 306 Å². The molecule has 0 fully saturated rings. The number of halogens is 1. The minimum atomic E-state index is -1.41. The molecule has 18 nitrogen and oxygen atoms in total. The Morgan fingerprint density at radius 2 is 0.902 bits per heavy atom. The van der Waals surface area contributed by atoms with Crippen molar-refractivity contribution >= 4 is 94.9 Å². The van der Waals surface area contributed by atoms with Gasteiger partial charge in [-0.05, 0) is 24.0 Å². The maximum atomic E-state index is 11.5. The molecule has 4 atom stereocenters. The number of nitrogens with one attached hydrogen (secondary N) is 4. The molecule has 0 aromatic rings. The average Bonchev–Trinajstić information content (AvgIpc) is 2.87. The van der Waals surface area contributed by atoms with Crippen molar-refractivity contribution < 1.29 is 69.0 Å².